The Labute approximate surface area is 145 Å². The molecule has 0 saturated heterocycles. The van der Waals surface area contributed by atoms with Crippen LogP contribution in [-0.2, 0) is 0 Å². The maximum atomic E-state index is 13.2. The average molecular weight is 332 g/mol. The van der Waals surface area contributed by atoms with E-state index < -0.39 is 0 Å². The molecule has 0 radical (unpaired) electrons. The van der Waals surface area contributed by atoms with Gasteiger partial charge in [0.05, 0.1) is 0 Å². The molecule has 1 saturated carbocycles. The van der Waals surface area contributed by atoms with Crippen molar-refractivity contribution in [1.82, 2.24) is 10.1 Å². The fourth-order valence-corrected chi connectivity index (χ4v) is 3.10. The number of nitrogens with zero attached hydrogens (tertiary/aromatic N) is 2. The second kappa shape index (κ2) is 6.90. The monoisotopic (exact) mass is 332 g/mol. The average Bonchev–Trinajstić information content (AvgIpc) is 3.32. The van der Waals surface area contributed by atoms with E-state index in [0.717, 1.165) is 29.9 Å². The lowest BCUT2D eigenvalue weighted by atomic mass is 10.1. The summed E-state index contributed by atoms with van der Waals surface area (Å²) >= 11 is 0. The second-order valence-electron chi connectivity index (χ2n) is 6.28. The Balaban J connectivity index is 1.50. The van der Waals surface area contributed by atoms with Gasteiger partial charge in [0.25, 0.3) is 0 Å². The SMILES string of the molecule is Fc1cccc(C#Cc2ccc(-c3noc(C4CCCC4)n3)cc2)c1. The van der Waals surface area contributed by atoms with Gasteiger partial charge in [0.15, 0.2) is 0 Å². The molecule has 1 heterocycles. The molecule has 0 unspecified atom stereocenters. The molecule has 25 heavy (non-hydrogen) atoms. The molecule has 4 heteroatoms. The van der Waals surface area contributed by atoms with Crippen LogP contribution in [-0.4, -0.2) is 10.1 Å². The van der Waals surface area contributed by atoms with E-state index in [0.29, 0.717) is 17.3 Å². The van der Waals surface area contributed by atoms with Crippen molar-refractivity contribution in [2.24, 2.45) is 0 Å². The van der Waals surface area contributed by atoms with Crippen molar-refractivity contribution >= 4 is 0 Å². The summed E-state index contributed by atoms with van der Waals surface area (Å²) in [6.45, 7) is 0. The Hall–Kier alpha value is -2.93. The fourth-order valence-electron chi connectivity index (χ4n) is 3.10. The van der Waals surface area contributed by atoms with Gasteiger partial charge in [0, 0.05) is 22.6 Å². The minimum Gasteiger partial charge on any atom is -0.339 e. The van der Waals surface area contributed by atoms with E-state index in [1.54, 1.807) is 12.1 Å². The third-order valence-corrected chi connectivity index (χ3v) is 4.47. The lowest BCUT2D eigenvalue weighted by molar-refractivity contribution is 0.354. The van der Waals surface area contributed by atoms with E-state index in [1.165, 1.54) is 25.0 Å². The first kappa shape index (κ1) is 15.6. The van der Waals surface area contributed by atoms with Crippen LogP contribution in [0, 0.1) is 17.7 Å². The van der Waals surface area contributed by atoms with E-state index in [9.17, 15) is 4.39 Å². The first-order valence-electron chi connectivity index (χ1n) is 8.49. The lowest BCUT2D eigenvalue weighted by Crippen LogP contribution is -1.91. The largest absolute Gasteiger partial charge is 0.339 e. The molecule has 1 fully saturated rings. The van der Waals surface area contributed by atoms with Crippen molar-refractivity contribution in [3.05, 3.63) is 71.4 Å². The van der Waals surface area contributed by atoms with Crippen molar-refractivity contribution in [3.8, 4) is 23.2 Å². The fraction of sp³-hybridized carbons (Fsp3) is 0.238. The Morgan fingerprint density at radius 2 is 1.72 bits per heavy atom. The lowest BCUT2D eigenvalue weighted by Gasteiger charge is -1.99. The molecule has 0 amide bonds. The zero-order valence-corrected chi connectivity index (χ0v) is 13.7. The topological polar surface area (TPSA) is 38.9 Å². The summed E-state index contributed by atoms with van der Waals surface area (Å²) in [5.74, 6) is 7.50. The maximum Gasteiger partial charge on any atom is 0.230 e. The highest BCUT2D eigenvalue weighted by atomic mass is 19.1. The van der Waals surface area contributed by atoms with E-state index in [2.05, 4.69) is 22.0 Å². The van der Waals surface area contributed by atoms with Crippen molar-refractivity contribution in [3.63, 3.8) is 0 Å². The van der Waals surface area contributed by atoms with Crippen molar-refractivity contribution in [2.75, 3.05) is 0 Å². The molecule has 0 bridgehead atoms. The minimum absolute atomic E-state index is 0.280. The predicted molar refractivity (Wildman–Crippen MR) is 93.3 cm³/mol. The summed E-state index contributed by atoms with van der Waals surface area (Å²) < 4.78 is 18.6. The van der Waals surface area contributed by atoms with Crippen molar-refractivity contribution in [2.45, 2.75) is 31.6 Å². The van der Waals surface area contributed by atoms with Gasteiger partial charge in [-0.25, -0.2) is 4.39 Å². The molecule has 0 spiro atoms. The number of hydrogen-bond donors (Lipinski definition) is 0. The highest BCUT2D eigenvalue weighted by Crippen LogP contribution is 2.33. The molecular weight excluding hydrogens is 315 g/mol. The van der Waals surface area contributed by atoms with Gasteiger partial charge < -0.3 is 4.52 Å². The summed E-state index contributed by atoms with van der Waals surface area (Å²) in [4.78, 5) is 4.54. The second-order valence-corrected chi connectivity index (χ2v) is 6.28. The normalized spacial score (nSPS) is 14.3. The van der Waals surface area contributed by atoms with Crippen LogP contribution in [0.2, 0.25) is 0 Å². The number of aromatic nitrogens is 2. The van der Waals surface area contributed by atoms with Crippen LogP contribution in [0.4, 0.5) is 4.39 Å². The Morgan fingerprint density at radius 3 is 2.48 bits per heavy atom. The summed E-state index contributed by atoms with van der Waals surface area (Å²) in [5, 5.41) is 4.10. The maximum absolute atomic E-state index is 13.2. The Morgan fingerprint density at radius 1 is 0.960 bits per heavy atom. The first-order chi connectivity index (χ1) is 12.3. The molecule has 124 valence electrons. The molecule has 1 aromatic heterocycles. The smallest absolute Gasteiger partial charge is 0.230 e. The van der Waals surface area contributed by atoms with E-state index >= 15 is 0 Å². The van der Waals surface area contributed by atoms with Crippen LogP contribution in [0.1, 0.15) is 48.6 Å². The summed E-state index contributed by atoms with van der Waals surface area (Å²) in [6, 6.07) is 13.9. The first-order valence-corrected chi connectivity index (χ1v) is 8.49. The van der Waals surface area contributed by atoms with E-state index in [-0.39, 0.29) is 5.82 Å². The van der Waals surface area contributed by atoms with Crippen LogP contribution in [0.15, 0.2) is 53.1 Å². The standard InChI is InChI=1S/C21H17FN2O/c22-19-7-3-4-16(14-19)9-8-15-10-12-17(13-11-15)20-23-21(25-24-20)18-5-1-2-6-18/h3-4,7,10-14,18H,1-2,5-6H2. The highest BCUT2D eigenvalue weighted by molar-refractivity contribution is 5.56. The van der Waals surface area contributed by atoms with Crippen LogP contribution < -0.4 is 0 Å². The van der Waals surface area contributed by atoms with Gasteiger partial charge in [-0.3, -0.25) is 0 Å². The predicted octanol–water partition coefficient (Wildman–Crippen LogP) is 4.93. The molecule has 0 aliphatic heterocycles. The van der Waals surface area contributed by atoms with E-state index in [1.807, 2.05) is 24.3 Å². The molecular formula is C21H17FN2O. The highest BCUT2D eigenvalue weighted by Gasteiger charge is 2.23. The molecule has 3 nitrogen and oxygen atoms in total. The van der Waals surface area contributed by atoms with Gasteiger partial charge in [0.2, 0.25) is 11.7 Å². The Bertz CT molecular complexity index is 928. The molecule has 2 aromatic carbocycles. The third kappa shape index (κ3) is 3.61. The zero-order chi connectivity index (χ0) is 17.1. The molecule has 1 aliphatic carbocycles. The van der Waals surface area contributed by atoms with Crippen molar-refractivity contribution < 1.29 is 8.91 Å². The third-order valence-electron chi connectivity index (χ3n) is 4.47. The van der Waals surface area contributed by atoms with Crippen LogP contribution in [0.25, 0.3) is 11.4 Å². The summed E-state index contributed by atoms with van der Waals surface area (Å²) in [7, 11) is 0. The summed E-state index contributed by atoms with van der Waals surface area (Å²) in [6.07, 6.45) is 4.74. The number of benzene rings is 2. The molecule has 1 aliphatic rings. The van der Waals surface area contributed by atoms with Crippen LogP contribution >= 0.6 is 0 Å². The molecule has 0 N–H and O–H groups in total. The van der Waals surface area contributed by atoms with Crippen LogP contribution in [0.5, 0.6) is 0 Å². The quantitative estimate of drug-likeness (QED) is 0.624. The Kier molecular flexibility index (Phi) is 4.30. The number of hydrogen-bond acceptors (Lipinski definition) is 3. The van der Waals surface area contributed by atoms with Crippen LogP contribution in [0.3, 0.4) is 0 Å². The van der Waals surface area contributed by atoms with Crippen molar-refractivity contribution in [1.29, 1.82) is 0 Å². The van der Waals surface area contributed by atoms with Gasteiger partial charge in [-0.15, -0.1) is 0 Å². The summed E-state index contributed by atoms with van der Waals surface area (Å²) in [5.41, 5.74) is 2.42. The minimum atomic E-state index is -0.280. The van der Waals surface area contributed by atoms with Gasteiger partial charge >= 0.3 is 0 Å². The van der Waals surface area contributed by atoms with Gasteiger partial charge in [-0.05, 0) is 55.3 Å². The van der Waals surface area contributed by atoms with Gasteiger partial charge in [-0.2, -0.15) is 4.98 Å². The molecule has 3 aromatic rings. The van der Waals surface area contributed by atoms with Gasteiger partial charge in [0.1, 0.15) is 5.82 Å². The zero-order valence-electron chi connectivity index (χ0n) is 13.7. The van der Waals surface area contributed by atoms with E-state index in [4.69, 9.17) is 4.52 Å². The molecule has 0 atom stereocenters. The number of rotatable bonds is 2. The number of halogens is 1. The molecule has 4 rings (SSSR count). The van der Waals surface area contributed by atoms with Gasteiger partial charge in [-0.1, -0.05) is 35.9 Å².